The molecule has 0 atom stereocenters. The van der Waals surface area contributed by atoms with E-state index in [-0.39, 0.29) is 0 Å². The molecule has 0 saturated carbocycles. The van der Waals surface area contributed by atoms with Crippen molar-refractivity contribution in [3.63, 3.8) is 0 Å². The van der Waals surface area contributed by atoms with E-state index in [0.29, 0.717) is 0 Å². The van der Waals surface area contributed by atoms with Crippen LogP contribution in [0.2, 0.25) is 0 Å². The molecule has 1 heterocycles. The second kappa shape index (κ2) is 6.59. The third kappa shape index (κ3) is 4.41. The highest BCUT2D eigenvalue weighted by molar-refractivity contribution is 6.17. The van der Waals surface area contributed by atoms with Gasteiger partial charge in [0.25, 0.3) is 0 Å². The molecule has 1 aliphatic heterocycles. The minimum Gasteiger partial charge on any atom is -0.402 e. The largest absolute Gasteiger partial charge is 0.402 e. The van der Waals surface area contributed by atoms with Crippen molar-refractivity contribution in [1.29, 1.82) is 0 Å². The molecule has 1 aromatic carbocycles. The van der Waals surface area contributed by atoms with Gasteiger partial charge in [0.1, 0.15) is 0 Å². The molecule has 3 nitrogen and oxygen atoms in total. The van der Waals surface area contributed by atoms with Gasteiger partial charge in [0.15, 0.2) is 0 Å². The van der Waals surface area contributed by atoms with Crippen molar-refractivity contribution < 1.29 is 8.85 Å². The second-order valence-electron chi connectivity index (χ2n) is 3.02. The summed E-state index contributed by atoms with van der Waals surface area (Å²) in [5, 5.41) is 0. The molecule has 0 aliphatic carbocycles. The molecular weight excluding hydrogens is 194 g/mol. The van der Waals surface area contributed by atoms with Crippen molar-refractivity contribution in [2.75, 3.05) is 32.2 Å². The molecule has 0 bridgehead atoms. The lowest BCUT2D eigenvalue weighted by molar-refractivity contribution is 0.309. The van der Waals surface area contributed by atoms with Gasteiger partial charge >= 0.3 is 10.0 Å². The van der Waals surface area contributed by atoms with Crippen LogP contribution in [-0.4, -0.2) is 37.3 Å². The Hall–Kier alpha value is -0.843. The maximum absolute atomic E-state index is 4.61. The van der Waals surface area contributed by atoms with E-state index < -0.39 is 10.0 Å². The lowest BCUT2D eigenvalue weighted by atomic mass is 10.3. The topological polar surface area (TPSA) is 21.5 Å². The molecule has 0 N–H and O–H groups in total. The van der Waals surface area contributed by atoms with E-state index in [9.17, 15) is 0 Å². The third-order valence-electron chi connectivity index (χ3n) is 1.80. The Balaban J connectivity index is 0.000000171. The highest BCUT2D eigenvalue weighted by Crippen LogP contribution is 2.18. The Morgan fingerprint density at radius 3 is 2.00 bits per heavy atom. The van der Waals surface area contributed by atoms with Crippen molar-refractivity contribution >= 4 is 15.7 Å². The molecule has 1 aliphatic rings. The fraction of sp³-hybridized carbons (Fsp3) is 0.400. The summed E-state index contributed by atoms with van der Waals surface area (Å²) in [6.45, 7) is 2.48. The molecule has 78 valence electrons. The summed E-state index contributed by atoms with van der Waals surface area (Å²) in [6.07, 6.45) is 0. The summed E-state index contributed by atoms with van der Waals surface area (Å²) >= 11 is 0. The lowest BCUT2D eigenvalue weighted by Crippen LogP contribution is -1.93. The van der Waals surface area contributed by atoms with Crippen molar-refractivity contribution in [2.45, 2.75) is 0 Å². The number of nitrogens with zero attached hydrogens (tertiary/aromatic N) is 1. The van der Waals surface area contributed by atoms with Crippen LogP contribution < -0.4 is 4.90 Å². The Labute approximate surface area is 87.7 Å². The number of hydrogen-bond acceptors (Lipinski definition) is 3. The second-order valence-corrected chi connectivity index (χ2v) is 4.41. The van der Waals surface area contributed by atoms with Crippen LogP contribution in [0.5, 0.6) is 0 Å². The summed E-state index contributed by atoms with van der Waals surface area (Å²) in [5.41, 5.74) is 1.36. The number of hydrogen-bond donors (Lipinski definition) is 0. The smallest absolute Gasteiger partial charge is 0.303 e. The molecule has 0 radical (unpaired) electrons. The maximum Gasteiger partial charge on any atom is 0.303 e. The van der Waals surface area contributed by atoms with E-state index in [1.165, 1.54) is 18.8 Å². The van der Waals surface area contributed by atoms with Crippen LogP contribution >= 0.6 is 0 Å². The highest BCUT2D eigenvalue weighted by atomic mass is 28.3. The van der Waals surface area contributed by atoms with Crippen LogP contribution in [0.4, 0.5) is 5.69 Å². The Morgan fingerprint density at radius 1 is 1.07 bits per heavy atom. The van der Waals surface area contributed by atoms with E-state index >= 15 is 0 Å². The summed E-state index contributed by atoms with van der Waals surface area (Å²) in [5.74, 6) is 0. The predicted molar refractivity (Wildman–Crippen MR) is 61.2 cm³/mol. The third-order valence-corrected chi connectivity index (χ3v) is 2.28. The van der Waals surface area contributed by atoms with Gasteiger partial charge in [-0.05, 0) is 12.1 Å². The molecule has 1 saturated heterocycles. The molecule has 0 spiro atoms. The lowest BCUT2D eigenvalue weighted by Gasteiger charge is -1.98. The van der Waals surface area contributed by atoms with Crippen molar-refractivity contribution in [2.24, 2.45) is 0 Å². The fourth-order valence-electron chi connectivity index (χ4n) is 1.06. The molecular formula is C10H17NO2Si. The zero-order valence-corrected chi connectivity index (χ0v) is 10.2. The summed E-state index contributed by atoms with van der Waals surface area (Å²) in [7, 11) is 2.73. The van der Waals surface area contributed by atoms with Crippen LogP contribution in [0.3, 0.4) is 0 Å². The Morgan fingerprint density at radius 2 is 1.64 bits per heavy atom. The zero-order chi connectivity index (χ0) is 10.2. The Kier molecular flexibility index (Phi) is 5.29. The first-order valence-electron chi connectivity index (χ1n) is 4.66. The molecule has 14 heavy (non-hydrogen) atoms. The first-order valence-corrected chi connectivity index (χ1v) is 5.82. The predicted octanol–water partition coefficient (Wildman–Crippen LogP) is 0.785. The number of benzene rings is 1. The van der Waals surface area contributed by atoms with Gasteiger partial charge in [-0.15, -0.1) is 0 Å². The van der Waals surface area contributed by atoms with E-state index in [0.717, 1.165) is 0 Å². The minimum absolute atomic E-state index is 0.568. The highest BCUT2D eigenvalue weighted by Gasteiger charge is 2.16. The average molecular weight is 211 g/mol. The SMILES string of the molecule is CO[SiH2]OC.c1ccc(N2CC2)cc1. The molecule has 0 aromatic heterocycles. The van der Waals surface area contributed by atoms with Crippen LogP contribution in [0.1, 0.15) is 0 Å². The summed E-state index contributed by atoms with van der Waals surface area (Å²) in [4.78, 5) is 2.33. The number of anilines is 1. The number of rotatable bonds is 3. The average Bonchev–Trinajstić information content (AvgIpc) is 3.05. The molecule has 0 unspecified atom stereocenters. The standard InChI is InChI=1S/C8H9N.C2H8O2Si/c1-2-4-8(5-3-1)9-6-7-9;1-3-5-4-2/h1-5H,6-7H2;5H2,1-2H3. The van der Waals surface area contributed by atoms with Crippen molar-refractivity contribution in [3.05, 3.63) is 30.3 Å². The van der Waals surface area contributed by atoms with Gasteiger partial charge in [-0.2, -0.15) is 0 Å². The van der Waals surface area contributed by atoms with Crippen LogP contribution in [0, 0.1) is 0 Å². The van der Waals surface area contributed by atoms with E-state index in [4.69, 9.17) is 0 Å². The van der Waals surface area contributed by atoms with Gasteiger partial charge in [-0.3, -0.25) is 0 Å². The van der Waals surface area contributed by atoms with Gasteiger partial charge in [0, 0.05) is 33.0 Å². The first-order chi connectivity index (χ1) is 6.88. The van der Waals surface area contributed by atoms with Crippen LogP contribution in [0.15, 0.2) is 30.3 Å². The van der Waals surface area contributed by atoms with Gasteiger partial charge in [-0.1, -0.05) is 18.2 Å². The van der Waals surface area contributed by atoms with Gasteiger partial charge < -0.3 is 13.8 Å². The van der Waals surface area contributed by atoms with Crippen LogP contribution in [-0.2, 0) is 8.85 Å². The van der Waals surface area contributed by atoms with Crippen molar-refractivity contribution in [3.8, 4) is 0 Å². The normalized spacial score (nSPS) is 13.1. The van der Waals surface area contributed by atoms with Gasteiger partial charge in [-0.25, -0.2) is 0 Å². The quantitative estimate of drug-likeness (QED) is 0.545. The molecule has 4 heteroatoms. The monoisotopic (exact) mass is 211 g/mol. The summed E-state index contributed by atoms with van der Waals surface area (Å²) in [6, 6.07) is 10.5. The van der Waals surface area contributed by atoms with E-state index in [1.54, 1.807) is 14.2 Å². The van der Waals surface area contributed by atoms with E-state index in [1.807, 2.05) is 6.07 Å². The first kappa shape index (κ1) is 11.2. The van der Waals surface area contributed by atoms with E-state index in [2.05, 4.69) is 38.0 Å². The molecule has 1 fully saturated rings. The minimum atomic E-state index is -0.568. The number of para-hydroxylation sites is 1. The summed E-state index contributed by atoms with van der Waals surface area (Å²) < 4.78 is 9.22. The Bertz CT molecular complexity index is 237. The maximum atomic E-state index is 4.61. The van der Waals surface area contributed by atoms with Gasteiger partial charge in [0.05, 0.1) is 0 Å². The molecule has 2 rings (SSSR count). The van der Waals surface area contributed by atoms with Crippen molar-refractivity contribution in [1.82, 2.24) is 0 Å². The zero-order valence-electron chi connectivity index (χ0n) is 8.77. The molecule has 1 aromatic rings. The van der Waals surface area contributed by atoms with Crippen LogP contribution in [0.25, 0.3) is 0 Å². The fourth-order valence-corrected chi connectivity index (χ4v) is 1.30. The molecule has 0 amide bonds. The van der Waals surface area contributed by atoms with Gasteiger partial charge in [0.2, 0.25) is 0 Å².